The molecule has 0 radical (unpaired) electrons. The molecule has 70 valence electrons. The van der Waals surface area contributed by atoms with Gasteiger partial charge >= 0.3 is 0 Å². The summed E-state index contributed by atoms with van der Waals surface area (Å²) in [4.78, 5) is 13.7. The number of ketones is 1. The maximum atomic E-state index is 11.4. The molecule has 0 aromatic carbocycles. The number of Topliss-reactive ketones (excluding diaryl/α,β-unsaturated/α-hetero) is 1. The molecule has 1 saturated heterocycles. The summed E-state index contributed by atoms with van der Waals surface area (Å²) in [6.07, 6.45) is 2.75. The van der Waals surface area contributed by atoms with Crippen LogP contribution in [0.1, 0.15) is 19.3 Å². The number of carbonyl (C=O) groups excluding carboxylic acids is 1. The molecule has 0 amide bonds. The highest BCUT2D eigenvalue weighted by Crippen LogP contribution is 2.17. The molecule has 3 heteroatoms. The van der Waals surface area contributed by atoms with E-state index >= 15 is 0 Å². The highest BCUT2D eigenvalue weighted by molar-refractivity contribution is 6.19. The third-order valence-electron chi connectivity index (χ3n) is 2.42. The smallest absolute Gasteiger partial charge is 0.138 e. The first-order chi connectivity index (χ1) is 5.74. The molecule has 1 unspecified atom stereocenters. The van der Waals surface area contributed by atoms with E-state index in [4.69, 9.17) is 11.6 Å². The number of likely N-dealkylation sites (tertiary alicyclic amines) is 1. The lowest BCUT2D eigenvalue weighted by Crippen LogP contribution is -2.36. The van der Waals surface area contributed by atoms with Gasteiger partial charge in [-0.25, -0.2) is 0 Å². The SMILES string of the molecule is CN1CCCC(C(=O)CCCl)C1. The van der Waals surface area contributed by atoms with E-state index < -0.39 is 0 Å². The van der Waals surface area contributed by atoms with Gasteiger partial charge in [0, 0.05) is 24.8 Å². The van der Waals surface area contributed by atoms with Crippen molar-refractivity contribution in [2.45, 2.75) is 19.3 Å². The first kappa shape index (κ1) is 10.0. The fraction of sp³-hybridized carbons (Fsp3) is 0.889. The number of rotatable bonds is 3. The number of nitrogens with zero attached hydrogens (tertiary/aromatic N) is 1. The van der Waals surface area contributed by atoms with Crippen LogP contribution in [-0.4, -0.2) is 36.7 Å². The fourth-order valence-corrected chi connectivity index (χ4v) is 1.91. The second-order valence-corrected chi connectivity index (χ2v) is 3.88. The first-order valence-corrected chi connectivity index (χ1v) is 5.04. The second kappa shape index (κ2) is 4.83. The molecule has 1 aliphatic heterocycles. The molecule has 0 aromatic heterocycles. The van der Waals surface area contributed by atoms with Crippen molar-refractivity contribution >= 4 is 17.4 Å². The van der Waals surface area contributed by atoms with Gasteiger partial charge < -0.3 is 4.90 Å². The van der Waals surface area contributed by atoms with Crippen molar-refractivity contribution in [1.29, 1.82) is 0 Å². The highest BCUT2D eigenvalue weighted by atomic mass is 35.5. The molecule has 0 spiro atoms. The first-order valence-electron chi connectivity index (χ1n) is 4.51. The Hall–Kier alpha value is -0.0800. The molecule has 1 atom stereocenters. The minimum Gasteiger partial charge on any atom is -0.306 e. The van der Waals surface area contributed by atoms with E-state index in [2.05, 4.69) is 11.9 Å². The summed E-state index contributed by atoms with van der Waals surface area (Å²) < 4.78 is 0. The van der Waals surface area contributed by atoms with Crippen LogP contribution in [0.15, 0.2) is 0 Å². The molecule has 2 nitrogen and oxygen atoms in total. The number of halogens is 1. The Morgan fingerprint density at radius 3 is 3.00 bits per heavy atom. The van der Waals surface area contributed by atoms with Crippen molar-refractivity contribution in [1.82, 2.24) is 4.90 Å². The lowest BCUT2D eigenvalue weighted by atomic mass is 9.93. The van der Waals surface area contributed by atoms with E-state index in [1.165, 1.54) is 0 Å². The summed E-state index contributed by atoms with van der Waals surface area (Å²) in [7, 11) is 2.07. The lowest BCUT2D eigenvalue weighted by Gasteiger charge is -2.28. The van der Waals surface area contributed by atoms with Gasteiger partial charge in [0.05, 0.1) is 0 Å². The standard InChI is InChI=1S/C9H16ClNO/c1-11-6-2-3-8(7-11)9(12)4-5-10/h8H,2-7H2,1H3. The van der Waals surface area contributed by atoms with E-state index in [0.29, 0.717) is 18.1 Å². The molecule has 0 saturated carbocycles. The van der Waals surface area contributed by atoms with Crippen LogP contribution in [0.3, 0.4) is 0 Å². The molecule has 1 aliphatic rings. The van der Waals surface area contributed by atoms with Crippen LogP contribution in [0.4, 0.5) is 0 Å². The summed E-state index contributed by atoms with van der Waals surface area (Å²) in [6.45, 7) is 2.06. The Labute approximate surface area is 78.9 Å². The van der Waals surface area contributed by atoms with Crippen LogP contribution in [0.25, 0.3) is 0 Å². The van der Waals surface area contributed by atoms with E-state index in [1.807, 2.05) is 0 Å². The van der Waals surface area contributed by atoms with Crippen molar-refractivity contribution in [3.63, 3.8) is 0 Å². The van der Waals surface area contributed by atoms with Gasteiger partial charge in [0.25, 0.3) is 0 Å². The minimum absolute atomic E-state index is 0.252. The second-order valence-electron chi connectivity index (χ2n) is 3.51. The third kappa shape index (κ3) is 2.76. The lowest BCUT2D eigenvalue weighted by molar-refractivity contribution is -0.123. The molecular formula is C9H16ClNO. The zero-order valence-electron chi connectivity index (χ0n) is 7.55. The molecule has 0 bridgehead atoms. The van der Waals surface area contributed by atoms with E-state index in [1.54, 1.807) is 0 Å². The molecule has 0 aliphatic carbocycles. The molecule has 1 heterocycles. The molecule has 12 heavy (non-hydrogen) atoms. The summed E-state index contributed by atoms with van der Waals surface area (Å²) in [6, 6.07) is 0. The summed E-state index contributed by atoms with van der Waals surface area (Å²) in [5, 5.41) is 0. The van der Waals surface area contributed by atoms with Crippen LogP contribution >= 0.6 is 11.6 Å². The van der Waals surface area contributed by atoms with Crippen molar-refractivity contribution < 1.29 is 4.79 Å². The van der Waals surface area contributed by atoms with Gasteiger partial charge in [-0.05, 0) is 26.4 Å². The monoisotopic (exact) mass is 189 g/mol. The maximum absolute atomic E-state index is 11.4. The Balaban J connectivity index is 2.35. The van der Waals surface area contributed by atoms with Gasteiger partial charge in [0.2, 0.25) is 0 Å². The van der Waals surface area contributed by atoms with Crippen molar-refractivity contribution in [2.24, 2.45) is 5.92 Å². The molecule has 1 rings (SSSR count). The van der Waals surface area contributed by atoms with Crippen LogP contribution < -0.4 is 0 Å². The van der Waals surface area contributed by atoms with Gasteiger partial charge in [-0.2, -0.15) is 0 Å². The van der Waals surface area contributed by atoms with Crippen LogP contribution in [0.5, 0.6) is 0 Å². The number of alkyl halides is 1. The van der Waals surface area contributed by atoms with Crippen LogP contribution in [0.2, 0.25) is 0 Å². The third-order valence-corrected chi connectivity index (χ3v) is 2.61. The predicted octanol–water partition coefficient (Wildman–Crippen LogP) is 1.53. The van der Waals surface area contributed by atoms with E-state index in [0.717, 1.165) is 25.9 Å². The van der Waals surface area contributed by atoms with Gasteiger partial charge in [0.1, 0.15) is 5.78 Å². The Kier molecular flexibility index (Phi) is 4.02. The van der Waals surface area contributed by atoms with Gasteiger partial charge in [-0.3, -0.25) is 4.79 Å². The Morgan fingerprint density at radius 2 is 2.42 bits per heavy atom. The summed E-state index contributed by atoms with van der Waals surface area (Å²) >= 11 is 5.52. The summed E-state index contributed by atoms with van der Waals surface area (Å²) in [5.41, 5.74) is 0. The fourth-order valence-electron chi connectivity index (χ4n) is 1.73. The van der Waals surface area contributed by atoms with E-state index in [-0.39, 0.29) is 5.92 Å². The maximum Gasteiger partial charge on any atom is 0.138 e. The molecule has 1 fully saturated rings. The largest absolute Gasteiger partial charge is 0.306 e. The summed E-state index contributed by atoms with van der Waals surface area (Å²) in [5.74, 6) is 1.07. The predicted molar refractivity (Wildman–Crippen MR) is 50.6 cm³/mol. The number of piperidine rings is 1. The van der Waals surface area contributed by atoms with Crippen molar-refractivity contribution in [3.05, 3.63) is 0 Å². The topological polar surface area (TPSA) is 20.3 Å². The quantitative estimate of drug-likeness (QED) is 0.628. The number of hydrogen-bond acceptors (Lipinski definition) is 2. The van der Waals surface area contributed by atoms with Crippen molar-refractivity contribution in [3.8, 4) is 0 Å². The van der Waals surface area contributed by atoms with Crippen LogP contribution in [0, 0.1) is 5.92 Å². The normalized spacial score (nSPS) is 25.7. The zero-order chi connectivity index (χ0) is 8.97. The van der Waals surface area contributed by atoms with Crippen molar-refractivity contribution in [2.75, 3.05) is 26.0 Å². The molecule has 0 N–H and O–H groups in total. The van der Waals surface area contributed by atoms with Gasteiger partial charge in [-0.15, -0.1) is 11.6 Å². The van der Waals surface area contributed by atoms with Gasteiger partial charge in [-0.1, -0.05) is 0 Å². The molecular weight excluding hydrogens is 174 g/mol. The van der Waals surface area contributed by atoms with E-state index in [9.17, 15) is 4.79 Å². The number of hydrogen-bond donors (Lipinski definition) is 0. The van der Waals surface area contributed by atoms with Gasteiger partial charge in [0.15, 0.2) is 0 Å². The van der Waals surface area contributed by atoms with Crippen LogP contribution in [-0.2, 0) is 4.79 Å². The minimum atomic E-state index is 0.252. The zero-order valence-corrected chi connectivity index (χ0v) is 8.31. The Morgan fingerprint density at radius 1 is 1.67 bits per heavy atom. The molecule has 0 aromatic rings. The average molecular weight is 190 g/mol. The number of carbonyl (C=O) groups is 1. The highest BCUT2D eigenvalue weighted by Gasteiger charge is 2.22. The average Bonchev–Trinajstić information content (AvgIpc) is 2.05. The Bertz CT molecular complexity index is 161.